The number of nitrogens with zero attached hydrogens (tertiary/aromatic N) is 2. The van der Waals surface area contributed by atoms with Gasteiger partial charge in [-0.05, 0) is 60.5 Å². The van der Waals surface area contributed by atoms with Gasteiger partial charge < -0.3 is 5.32 Å². The molecule has 1 N–H and O–H groups in total. The number of aryl methyl sites for hydroxylation is 1. The predicted molar refractivity (Wildman–Crippen MR) is 111 cm³/mol. The molecule has 4 heteroatoms. The molecule has 4 nitrogen and oxygen atoms in total. The molecule has 1 aliphatic heterocycles. The molecule has 1 amide bonds. The Hall–Kier alpha value is -2.64. The lowest BCUT2D eigenvalue weighted by Crippen LogP contribution is -2.34. The summed E-state index contributed by atoms with van der Waals surface area (Å²) in [5, 5.41) is 11.9. The molecule has 1 heterocycles. The first-order valence-corrected chi connectivity index (χ1v) is 10.2. The Kier molecular flexibility index (Phi) is 7.22. The highest BCUT2D eigenvalue weighted by Gasteiger charge is 2.17. The highest BCUT2D eigenvalue weighted by Crippen LogP contribution is 2.19. The van der Waals surface area contributed by atoms with Crippen molar-refractivity contribution in [3.05, 3.63) is 70.8 Å². The zero-order chi connectivity index (χ0) is 19.8. The first-order chi connectivity index (χ1) is 13.6. The third-order valence-corrected chi connectivity index (χ3v) is 5.45. The van der Waals surface area contributed by atoms with Crippen molar-refractivity contribution in [2.75, 3.05) is 13.1 Å². The topological polar surface area (TPSA) is 56.1 Å². The van der Waals surface area contributed by atoms with Gasteiger partial charge in [0.05, 0.1) is 11.6 Å². The van der Waals surface area contributed by atoms with Gasteiger partial charge >= 0.3 is 0 Å². The molecular formula is C24H29N3O. The summed E-state index contributed by atoms with van der Waals surface area (Å²) in [6.45, 7) is 6.18. The maximum atomic E-state index is 12.3. The quantitative estimate of drug-likeness (QED) is 0.795. The molecule has 0 spiro atoms. The second-order valence-corrected chi connectivity index (χ2v) is 7.84. The highest BCUT2D eigenvalue weighted by atomic mass is 16.1. The summed E-state index contributed by atoms with van der Waals surface area (Å²) in [6.07, 6.45) is 3.74. The fraction of sp³-hybridized carbons (Fsp3) is 0.417. The minimum absolute atomic E-state index is 0.0609. The Morgan fingerprint density at radius 1 is 1.18 bits per heavy atom. The van der Waals surface area contributed by atoms with E-state index in [-0.39, 0.29) is 5.91 Å². The number of hydrogen-bond acceptors (Lipinski definition) is 3. The van der Waals surface area contributed by atoms with Gasteiger partial charge in [0.2, 0.25) is 5.91 Å². The summed E-state index contributed by atoms with van der Waals surface area (Å²) in [4.78, 5) is 14.8. The van der Waals surface area contributed by atoms with Gasteiger partial charge in [-0.25, -0.2) is 0 Å². The smallest absolute Gasteiger partial charge is 0.220 e. The van der Waals surface area contributed by atoms with Crippen LogP contribution in [0.25, 0.3) is 0 Å². The van der Waals surface area contributed by atoms with Crippen LogP contribution in [-0.4, -0.2) is 23.9 Å². The molecule has 3 rings (SSSR count). The molecule has 0 aliphatic carbocycles. The Morgan fingerprint density at radius 3 is 2.64 bits per heavy atom. The van der Waals surface area contributed by atoms with Crippen LogP contribution in [0.5, 0.6) is 0 Å². The number of likely N-dealkylation sites (tertiary alicyclic amines) is 1. The molecule has 1 atom stereocenters. The van der Waals surface area contributed by atoms with Crippen molar-refractivity contribution < 1.29 is 4.79 Å². The molecule has 0 saturated carbocycles. The predicted octanol–water partition coefficient (Wildman–Crippen LogP) is 4.04. The van der Waals surface area contributed by atoms with Crippen LogP contribution >= 0.6 is 0 Å². The van der Waals surface area contributed by atoms with Crippen molar-refractivity contribution in [1.82, 2.24) is 10.2 Å². The normalized spacial score (nSPS) is 17.1. The molecule has 0 unspecified atom stereocenters. The van der Waals surface area contributed by atoms with Crippen LogP contribution in [0.4, 0.5) is 0 Å². The van der Waals surface area contributed by atoms with Gasteiger partial charge in [-0.1, -0.05) is 43.3 Å². The third kappa shape index (κ3) is 5.94. The van der Waals surface area contributed by atoms with Gasteiger partial charge in [-0.2, -0.15) is 5.26 Å². The maximum absolute atomic E-state index is 12.3. The van der Waals surface area contributed by atoms with Crippen molar-refractivity contribution in [2.24, 2.45) is 5.92 Å². The average molecular weight is 376 g/mol. The second-order valence-electron chi connectivity index (χ2n) is 7.84. The van der Waals surface area contributed by atoms with E-state index in [1.165, 1.54) is 24.0 Å². The van der Waals surface area contributed by atoms with E-state index in [0.717, 1.165) is 31.1 Å². The molecule has 1 fully saturated rings. The van der Waals surface area contributed by atoms with Crippen molar-refractivity contribution in [2.45, 2.75) is 45.7 Å². The average Bonchev–Trinajstić information content (AvgIpc) is 2.72. The Balaban J connectivity index is 1.49. The van der Waals surface area contributed by atoms with E-state index in [1.54, 1.807) is 12.1 Å². The summed E-state index contributed by atoms with van der Waals surface area (Å²) >= 11 is 0. The Morgan fingerprint density at radius 2 is 1.93 bits per heavy atom. The van der Waals surface area contributed by atoms with Crippen molar-refractivity contribution in [3.8, 4) is 6.07 Å². The molecular weight excluding hydrogens is 346 g/mol. The molecule has 0 bridgehead atoms. The summed E-state index contributed by atoms with van der Waals surface area (Å²) in [5.74, 6) is 0.827. The van der Waals surface area contributed by atoms with Crippen molar-refractivity contribution in [3.63, 3.8) is 0 Å². The molecule has 0 aromatic heterocycles. The Bertz CT molecular complexity index is 822. The number of benzene rings is 2. The van der Waals surface area contributed by atoms with E-state index < -0.39 is 0 Å². The first kappa shape index (κ1) is 20.1. The highest BCUT2D eigenvalue weighted by molar-refractivity contribution is 5.76. The number of nitriles is 1. The van der Waals surface area contributed by atoms with Crippen LogP contribution in [0.15, 0.2) is 48.5 Å². The maximum Gasteiger partial charge on any atom is 0.220 e. The monoisotopic (exact) mass is 375 g/mol. The van der Waals surface area contributed by atoms with E-state index in [2.05, 4.69) is 41.4 Å². The van der Waals surface area contributed by atoms with E-state index in [9.17, 15) is 4.79 Å². The van der Waals surface area contributed by atoms with Crippen molar-refractivity contribution in [1.29, 1.82) is 5.26 Å². The van der Waals surface area contributed by atoms with E-state index in [4.69, 9.17) is 5.26 Å². The number of amides is 1. The number of piperidine rings is 1. The number of carbonyl (C=O) groups excluding carboxylic acids is 1. The van der Waals surface area contributed by atoms with Gasteiger partial charge in [-0.15, -0.1) is 0 Å². The van der Waals surface area contributed by atoms with Gasteiger partial charge in [0.25, 0.3) is 0 Å². The molecule has 1 saturated heterocycles. The minimum Gasteiger partial charge on any atom is -0.352 e. The summed E-state index contributed by atoms with van der Waals surface area (Å²) in [5.41, 5.74) is 4.23. The van der Waals surface area contributed by atoms with Gasteiger partial charge in [-0.3, -0.25) is 9.69 Å². The lowest BCUT2D eigenvalue weighted by molar-refractivity contribution is -0.121. The molecule has 28 heavy (non-hydrogen) atoms. The van der Waals surface area contributed by atoms with Gasteiger partial charge in [0.15, 0.2) is 0 Å². The number of nitrogens with one attached hydrogen (secondary N) is 1. The van der Waals surface area contributed by atoms with Crippen LogP contribution in [0.3, 0.4) is 0 Å². The van der Waals surface area contributed by atoms with E-state index in [0.29, 0.717) is 24.9 Å². The van der Waals surface area contributed by atoms with Crippen LogP contribution < -0.4 is 5.32 Å². The van der Waals surface area contributed by atoms with Crippen LogP contribution in [0.1, 0.15) is 48.4 Å². The lowest BCUT2D eigenvalue weighted by Gasteiger charge is -2.31. The largest absolute Gasteiger partial charge is 0.352 e. The number of hydrogen-bond donors (Lipinski definition) is 1. The molecule has 1 aliphatic rings. The molecule has 2 aromatic rings. The summed E-state index contributed by atoms with van der Waals surface area (Å²) < 4.78 is 0. The lowest BCUT2D eigenvalue weighted by atomic mass is 9.99. The molecule has 146 valence electrons. The first-order valence-electron chi connectivity index (χ1n) is 10.2. The number of rotatable bonds is 7. The fourth-order valence-corrected chi connectivity index (χ4v) is 3.84. The van der Waals surface area contributed by atoms with Gasteiger partial charge in [0.1, 0.15) is 0 Å². The van der Waals surface area contributed by atoms with Crippen LogP contribution in [0.2, 0.25) is 0 Å². The fourth-order valence-electron chi connectivity index (χ4n) is 3.84. The zero-order valence-corrected chi connectivity index (χ0v) is 16.7. The second kappa shape index (κ2) is 10.1. The third-order valence-electron chi connectivity index (χ3n) is 5.45. The Labute approximate surface area is 168 Å². The van der Waals surface area contributed by atoms with Crippen LogP contribution in [0, 0.1) is 17.2 Å². The molecule has 0 radical (unpaired) electrons. The summed E-state index contributed by atoms with van der Waals surface area (Å²) in [7, 11) is 0. The van der Waals surface area contributed by atoms with E-state index >= 15 is 0 Å². The molecule has 2 aromatic carbocycles. The van der Waals surface area contributed by atoms with Crippen molar-refractivity contribution >= 4 is 5.91 Å². The number of carbonyl (C=O) groups is 1. The zero-order valence-electron chi connectivity index (χ0n) is 16.7. The SMILES string of the molecule is C[C@H]1CCCN(Cc2ccccc2CNC(=O)CCc2ccc(C#N)cc2)C1. The van der Waals surface area contributed by atoms with Crippen LogP contribution in [-0.2, 0) is 24.3 Å². The van der Waals surface area contributed by atoms with Gasteiger partial charge in [0, 0.05) is 26.1 Å². The summed E-state index contributed by atoms with van der Waals surface area (Å²) in [6, 6.07) is 18.0. The minimum atomic E-state index is 0.0609. The standard InChI is InChI=1S/C24H29N3O/c1-19-5-4-14-27(17-19)18-23-7-3-2-6-22(23)16-26-24(28)13-12-20-8-10-21(15-25)11-9-20/h2-3,6-11,19H,4-5,12-14,16-18H2,1H3,(H,26,28)/t19-/m0/s1. The van der Waals surface area contributed by atoms with E-state index in [1.807, 2.05) is 18.2 Å².